The first kappa shape index (κ1) is 16.5. The predicted molar refractivity (Wildman–Crippen MR) is 91.9 cm³/mol. The van der Waals surface area contributed by atoms with E-state index in [1.807, 2.05) is 19.1 Å². The number of amides is 1. The van der Waals surface area contributed by atoms with E-state index in [9.17, 15) is 4.79 Å². The lowest BCUT2D eigenvalue weighted by Gasteiger charge is -2.57. The van der Waals surface area contributed by atoms with E-state index in [4.69, 9.17) is 4.74 Å². The highest BCUT2D eigenvalue weighted by molar-refractivity contribution is 5.95. The third kappa shape index (κ3) is 3.15. The molecule has 4 heteroatoms. The van der Waals surface area contributed by atoms with E-state index in [2.05, 4.69) is 22.8 Å². The molecule has 1 amide bonds. The van der Waals surface area contributed by atoms with Gasteiger partial charge in [-0.1, -0.05) is 17.7 Å². The summed E-state index contributed by atoms with van der Waals surface area (Å²) in [7, 11) is 1.75. The Hall–Kier alpha value is -1.39. The molecular formula is C19H28N2O2. The maximum absolute atomic E-state index is 13.0. The highest BCUT2D eigenvalue weighted by Gasteiger charge is 2.47. The fourth-order valence-electron chi connectivity index (χ4n) is 4.11. The van der Waals surface area contributed by atoms with Crippen molar-refractivity contribution in [2.75, 3.05) is 39.9 Å². The Morgan fingerprint density at radius 3 is 2.74 bits per heavy atom. The normalized spacial score (nSPS) is 24.7. The van der Waals surface area contributed by atoms with Gasteiger partial charge in [0.05, 0.1) is 6.61 Å². The number of likely N-dealkylation sites (tertiary alicyclic amines) is 2. The zero-order valence-electron chi connectivity index (χ0n) is 14.6. The number of hydrogen-bond acceptors (Lipinski definition) is 3. The average Bonchev–Trinajstić information content (AvgIpc) is 2.54. The van der Waals surface area contributed by atoms with E-state index in [1.165, 1.54) is 18.4 Å². The van der Waals surface area contributed by atoms with Crippen LogP contribution < -0.4 is 0 Å². The topological polar surface area (TPSA) is 32.8 Å². The van der Waals surface area contributed by atoms with Crippen molar-refractivity contribution >= 4 is 5.91 Å². The first-order valence-electron chi connectivity index (χ1n) is 8.66. The predicted octanol–water partition coefficient (Wildman–Crippen LogP) is 2.63. The molecule has 3 rings (SSSR count). The second-order valence-corrected chi connectivity index (χ2v) is 7.10. The van der Waals surface area contributed by atoms with Crippen LogP contribution in [0.4, 0.5) is 0 Å². The molecule has 1 spiro atoms. The molecule has 23 heavy (non-hydrogen) atoms. The van der Waals surface area contributed by atoms with Crippen LogP contribution in [-0.2, 0) is 4.74 Å². The van der Waals surface area contributed by atoms with Gasteiger partial charge in [-0.25, -0.2) is 0 Å². The minimum absolute atomic E-state index is 0.195. The first-order valence-corrected chi connectivity index (χ1v) is 8.66. The summed E-state index contributed by atoms with van der Waals surface area (Å²) in [5, 5.41) is 0. The Labute approximate surface area is 139 Å². The maximum atomic E-state index is 13.0. The summed E-state index contributed by atoms with van der Waals surface area (Å²) in [5.41, 5.74) is 3.35. The number of methoxy groups -OCH3 is 1. The fraction of sp³-hybridized carbons (Fsp3) is 0.632. The molecule has 2 saturated heterocycles. The van der Waals surface area contributed by atoms with E-state index in [1.54, 1.807) is 7.11 Å². The molecule has 0 aromatic heterocycles. The standard InChI is InChI=1S/C19H28N2O2/c1-15-5-6-17(16(2)13-15)18(22)20-9-4-7-19(14-20)8-10-21(19)11-12-23-3/h5-6,13H,4,7-12,14H2,1-3H3. The van der Waals surface area contributed by atoms with E-state index in [0.29, 0.717) is 0 Å². The number of aryl methyl sites for hydroxylation is 2. The van der Waals surface area contributed by atoms with Crippen LogP contribution in [0.1, 0.15) is 40.7 Å². The minimum atomic E-state index is 0.195. The zero-order chi connectivity index (χ0) is 16.4. The lowest BCUT2D eigenvalue weighted by molar-refractivity contribution is -0.0679. The zero-order valence-corrected chi connectivity index (χ0v) is 14.6. The molecule has 2 fully saturated rings. The summed E-state index contributed by atoms with van der Waals surface area (Å²) in [5.74, 6) is 0.195. The number of nitrogens with zero attached hydrogens (tertiary/aromatic N) is 2. The van der Waals surface area contributed by atoms with Gasteiger partial charge in [-0.3, -0.25) is 9.69 Å². The molecule has 0 radical (unpaired) electrons. The van der Waals surface area contributed by atoms with Gasteiger partial charge < -0.3 is 9.64 Å². The van der Waals surface area contributed by atoms with Crippen LogP contribution in [0.25, 0.3) is 0 Å². The van der Waals surface area contributed by atoms with Crippen molar-refractivity contribution in [2.45, 2.75) is 38.6 Å². The Morgan fingerprint density at radius 2 is 2.09 bits per heavy atom. The summed E-state index contributed by atoms with van der Waals surface area (Å²) in [4.78, 5) is 17.5. The summed E-state index contributed by atoms with van der Waals surface area (Å²) in [6, 6.07) is 6.12. The second kappa shape index (κ2) is 6.62. The first-order chi connectivity index (χ1) is 11.1. The van der Waals surface area contributed by atoms with Crippen LogP contribution in [0.15, 0.2) is 18.2 Å². The number of carbonyl (C=O) groups is 1. The molecule has 1 atom stereocenters. The van der Waals surface area contributed by atoms with Gasteiger partial charge in [0.15, 0.2) is 0 Å². The van der Waals surface area contributed by atoms with Gasteiger partial charge >= 0.3 is 0 Å². The highest BCUT2D eigenvalue weighted by atomic mass is 16.5. The van der Waals surface area contributed by atoms with E-state index in [0.717, 1.165) is 50.3 Å². The Balaban J connectivity index is 1.72. The molecule has 0 aliphatic carbocycles. The van der Waals surface area contributed by atoms with Crippen LogP contribution in [0.3, 0.4) is 0 Å². The van der Waals surface area contributed by atoms with Crippen LogP contribution >= 0.6 is 0 Å². The lowest BCUT2D eigenvalue weighted by atomic mass is 9.77. The molecule has 4 nitrogen and oxygen atoms in total. The summed E-state index contributed by atoms with van der Waals surface area (Å²) in [6.45, 7) is 8.73. The maximum Gasteiger partial charge on any atom is 0.254 e. The lowest BCUT2D eigenvalue weighted by Crippen LogP contribution is -2.67. The quantitative estimate of drug-likeness (QED) is 0.856. The van der Waals surface area contributed by atoms with Crippen LogP contribution in [0.2, 0.25) is 0 Å². The fourth-order valence-corrected chi connectivity index (χ4v) is 4.11. The van der Waals surface area contributed by atoms with Gasteiger partial charge in [-0.2, -0.15) is 0 Å². The van der Waals surface area contributed by atoms with Crippen molar-refractivity contribution in [2.24, 2.45) is 0 Å². The summed E-state index contributed by atoms with van der Waals surface area (Å²) >= 11 is 0. The Morgan fingerprint density at radius 1 is 1.26 bits per heavy atom. The van der Waals surface area contributed by atoms with E-state index in [-0.39, 0.29) is 11.4 Å². The van der Waals surface area contributed by atoms with Crippen LogP contribution in [-0.4, -0.2) is 61.1 Å². The van der Waals surface area contributed by atoms with Crippen molar-refractivity contribution < 1.29 is 9.53 Å². The van der Waals surface area contributed by atoms with Gasteiger partial charge in [0.2, 0.25) is 0 Å². The molecular weight excluding hydrogens is 288 g/mol. The SMILES string of the molecule is COCCN1CCC12CCCN(C(=O)c1ccc(C)cc1C)C2. The molecule has 1 unspecified atom stereocenters. The average molecular weight is 316 g/mol. The molecule has 0 bridgehead atoms. The molecule has 2 aliphatic rings. The number of rotatable bonds is 4. The molecule has 2 heterocycles. The molecule has 2 aliphatic heterocycles. The Kier molecular flexibility index (Phi) is 4.74. The molecule has 1 aromatic carbocycles. The van der Waals surface area contributed by atoms with Gasteiger partial charge in [0, 0.05) is 44.4 Å². The molecule has 0 saturated carbocycles. The van der Waals surface area contributed by atoms with Crippen molar-refractivity contribution in [1.82, 2.24) is 9.80 Å². The molecule has 126 valence electrons. The van der Waals surface area contributed by atoms with E-state index >= 15 is 0 Å². The third-order valence-electron chi connectivity index (χ3n) is 5.54. The monoisotopic (exact) mass is 316 g/mol. The third-order valence-corrected chi connectivity index (χ3v) is 5.54. The van der Waals surface area contributed by atoms with Gasteiger partial charge in [0.1, 0.15) is 0 Å². The van der Waals surface area contributed by atoms with E-state index < -0.39 is 0 Å². The van der Waals surface area contributed by atoms with Crippen molar-refractivity contribution in [1.29, 1.82) is 0 Å². The number of benzene rings is 1. The highest BCUT2D eigenvalue weighted by Crippen LogP contribution is 2.38. The van der Waals surface area contributed by atoms with Crippen molar-refractivity contribution in [3.63, 3.8) is 0 Å². The number of hydrogen-bond donors (Lipinski definition) is 0. The second-order valence-electron chi connectivity index (χ2n) is 7.10. The van der Waals surface area contributed by atoms with Gasteiger partial charge in [-0.05, 0) is 44.7 Å². The van der Waals surface area contributed by atoms with Crippen LogP contribution in [0, 0.1) is 13.8 Å². The number of piperidine rings is 1. The number of ether oxygens (including phenoxy) is 1. The number of carbonyl (C=O) groups excluding carboxylic acids is 1. The Bertz CT molecular complexity index is 587. The summed E-state index contributed by atoms with van der Waals surface area (Å²) in [6.07, 6.45) is 3.50. The molecule has 0 N–H and O–H groups in total. The van der Waals surface area contributed by atoms with Crippen LogP contribution in [0.5, 0.6) is 0 Å². The van der Waals surface area contributed by atoms with Crippen molar-refractivity contribution in [3.8, 4) is 0 Å². The molecule has 1 aromatic rings. The summed E-state index contributed by atoms with van der Waals surface area (Å²) < 4.78 is 5.23. The largest absolute Gasteiger partial charge is 0.383 e. The van der Waals surface area contributed by atoms with Gasteiger partial charge in [0.25, 0.3) is 5.91 Å². The smallest absolute Gasteiger partial charge is 0.254 e. The van der Waals surface area contributed by atoms with Crippen molar-refractivity contribution in [3.05, 3.63) is 34.9 Å². The minimum Gasteiger partial charge on any atom is -0.383 e. The van der Waals surface area contributed by atoms with Gasteiger partial charge in [-0.15, -0.1) is 0 Å².